The van der Waals surface area contributed by atoms with Crippen molar-refractivity contribution in [3.05, 3.63) is 29.0 Å². The molecule has 0 bridgehead atoms. The van der Waals surface area contributed by atoms with Crippen LogP contribution in [0.4, 0.5) is 4.79 Å². The third kappa shape index (κ3) is 3.10. The van der Waals surface area contributed by atoms with E-state index in [0.29, 0.717) is 22.0 Å². The van der Waals surface area contributed by atoms with Crippen LogP contribution in [0.3, 0.4) is 0 Å². The molecule has 1 saturated heterocycles. The molecule has 23 heavy (non-hydrogen) atoms. The molecule has 1 N–H and O–H groups in total. The molecule has 8 heteroatoms. The lowest BCUT2D eigenvalue weighted by atomic mass is 10.1. The predicted molar refractivity (Wildman–Crippen MR) is 77.5 cm³/mol. The molecule has 1 aliphatic rings. The summed E-state index contributed by atoms with van der Waals surface area (Å²) in [7, 11) is 3.00. The van der Waals surface area contributed by atoms with Crippen molar-refractivity contribution in [1.82, 2.24) is 10.2 Å². The maximum Gasteiger partial charge on any atom is 0.329 e. The van der Waals surface area contributed by atoms with Gasteiger partial charge >= 0.3 is 6.03 Å². The lowest BCUT2D eigenvalue weighted by molar-refractivity contribution is -0.305. The summed E-state index contributed by atoms with van der Waals surface area (Å²) in [5.41, 5.74) is 1.23. The number of imide groups is 1. The summed E-state index contributed by atoms with van der Waals surface area (Å²) in [4.78, 5) is 34.9. The SMILES string of the molecule is COc1ccc(/C=C2/NC(=O)N(CC(=O)[O-])C2=O)c(OC)c1C. The largest absolute Gasteiger partial charge is 0.548 e. The topological polar surface area (TPSA) is 108 Å². The zero-order valence-corrected chi connectivity index (χ0v) is 12.8. The summed E-state index contributed by atoms with van der Waals surface area (Å²) in [5, 5.41) is 12.9. The number of amides is 3. The molecule has 0 radical (unpaired) electrons. The Morgan fingerprint density at radius 3 is 2.57 bits per heavy atom. The van der Waals surface area contributed by atoms with Crippen molar-refractivity contribution in [2.24, 2.45) is 0 Å². The monoisotopic (exact) mass is 319 g/mol. The Bertz CT molecular complexity index is 710. The zero-order valence-electron chi connectivity index (χ0n) is 12.8. The van der Waals surface area contributed by atoms with Crippen LogP contribution >= 0.6 is 0 Å². The van der Waals surface area contributed by atoms with Crippen molar-refractivity contribution < 1.29 is 29.0 Å². The minimum atomic E-state index is -1.52. The molecule has 1 fully saturated rings. The van der Waals surface area contributed by atoms with Crippen LogP contribution in [-0.4, -0.2) is 43.6 Å². The fraction of sp³-hybridized carbons (Fsp3) is 0.267. The van der Waals surface area contributed by atoms with Crippen LogP contribution in [0.2, 0.25) is 0 Å². The number of methoxy groups -OCH3 is 2. The minimum absolute atomic E-state index is 0.0425. The van der Waals surface area contributed by atoms with Crippen molar-refractivity contribution in [2.75, 3.05) is 20.8 Å². The summed E-state index contributed by atoms with van der Waals surface area (Å²) in [5.74, 6) is -1.16. The summed E-state index contributed by atoms with van der Waals surface area (Å²) >= 11 is 0. The highest BCUT2D eigenvalue weighted by Crippen LogP contribution is 2.32. The van der Waals surface area contributed by atoms with Gasteiger partial charge in [-0.25, -0.2) is 4.79 Å². The van der Waals surface area contributed by atoms with Crippen molar-refractivity contribution in [1.29, 1.82) is 0 Å². The Balaban J connectivity index is 2.40. The van der Waals surface area contributed by atoms with Gasteiger partial charge < -0.3 is 24.7 Å². The number of urea groups is 1. The molecule has 0 saturated carbocycles. The van der Waals surface area contributed by atoms with Gasteiger partial charge in [0.25, 0.3) is 5.91 Å². The molecular formula is C15H15N2O6-. The van der Waals surface area contributed by atoms with Crippen molar-refractivity contribution in [2.45, 2.75) is 6.92 Å². The zero-order chi connectivity index (χ0) is 17.1. The molecule has 122 valence electrons. The van der Waals surface area contributed by atoms with Crippen LogP contribution in [0.1, 0.15) is 11.1 Å². The molecular weight excluding hydrogens is 304 g/mol. The second-order valence-electron chi connectivity index (χ2n) is 4.77. The lowest BCUT2D eigenvalue weighted by Crippen LogP contribution is -2.41. The highest BCUT2D eigenvalue weighted by molar-refractivity contribution is 6.15. The molecule has 0 atom stereocenters. The second-order valence-corrected chi connectivity index (χ2v) is 4.77. The van der Waals surface area contributed by atoms with Crippen LogP contribution in [0.25, 0.3) is 6.08 Å². The number of carbonyl (C=O) groups excluding carboxylic acids is 3. The molecule has 8 nitrogen and oxygen atoms in total. The van der Waals surface area contributed by atoms with Gasteiger partial charge in [-0.1, -0.05) is 0 Å². The van der Waals surface area contributed by atoms with E-state index >= 15 is 0 Å². The van der Waals surface area contributed by atoms with E-state index in [9.17, 15) is 19.5 Å². The van der Waals surface area contributed by atoms with E-state index in [1.165, 1.54) is 20.3 Å². The highest BCUT2D eigenvalue weighted by Gasteiger charge is 2.33. The van der Waals surface area contributed by atoms with Gasteiger partial charge in [0.15, 0.2) is 0 Å². The van der Waals surface area contributed by atoms with E-state index in [1.54, 1.807) is 19.1 Å². The number of carbonyl (C=O) groups is 3. The molecule has 0 aromatic heterocycles. The number of nitrogens with one attached hydrogen (secondary N) is 1. The first kappa shape index (κ1) is 16.3. The summed E-state index contributed by atoms with van der Waals surface area (Å²) in [6.07, 6.45) is 1.42. The number of ether oxygens (including phenoxy) is 2. The van der Waals surface area contributed by atoms with Gasteiger partial charge in [0.2, 0.25) is 0 Å². The highest BCUT2D eigenvalue weighted by atomic mass is 16.5. The Kier molecular flexibility index (Phi) is 4.54. The van der Waals surface area contributed by atoms with Gasteiger partial charge in [0.1, 0.15) is 17.2 Å². The average molecular weight is 319 g/mol. The number of nitrogens with zero attached hydrogens (tertiary/aromatic N) is 1. The Hall–Kier alpha value is -3.03. The third-order valence-corrected chi connectivity index (χ3v) is 3.36. The average Bonchev–Trinajstić information content (AvgIpc) is 2.75. The van der Waals surface area contributed by atoms with Crippen molar-refractivity contribution in [3.63, 3.8) is 0 Å². The number of hydrogen-bond donors (Lipinski definition) is 1. The lowest BCUT2D eigenvalue weighted by Gasteiger charge is -2.13. The molecule has 3 amide bonds. The van der Waals surface area contributed by atoms with Gasteiger partial charge in [-0.05, 0) is 25.1 Å². The fourth-order valence-corrected chi connectivity index (χ4v) is 2.30. The number of carboxylic acids is 1. The van der Waals surface area contributed by atoms with E-state index in [2.05, 4.69) is 5.32 Å². The first-order valence-electron chi connectivity index (χ1n) is 6.65. The number of carboxylic acid groups (broad SMARTS) is 1. The van der Waals surface area contributed by atoms with Crippen LogP contribution < -0.4 is 19.9 Å². The standard InChI is InChI=1S/C15H16N2O6/c1-8-11(22-2)5-4-9(13(8)23-3)6-10-14(20)17(7-12(18)19)15(21)16-10/h4-6H,7H2,1-3H3,(H,16,21)(H,18,19)/p-1/b10-6+. The summed E-state index contributed by atoms with van der Waals surface area (Å²) in [6.45, 7) is 0.984. The van der Waals surface area contributed by atoms with E-state index in [-0.39, 0.29) is 5.70 Å². The fourth-order valence-electron chi connectivity index (χ4n) is 2.30. The molecule has 0 aliphatic carbocycles. The normalized spacial score (nSPS) is 15.8. The van der Waals surface area contributed by atoms with Crippen molar-refractivity contribution in [3.8, 4) is 11.5 Å². The molecule has 0 unspecified atom stereocenters. The molecule has 1 aromatic rings. The molecule has 1 aliphatic heterocycles. The Labute approximate surface area is 132 Å². The van der Waals surface area contributed by atoms with Crippen LogP contribution in [0, 0.1) is 6.92 Å². The van der Waals surface area contributed by atoms with Gasteiger partial charge in [0.05, 0.1) is 26.7 Å². The smallest absolute Gasteiger partial charge is 0.329 e. The van der Waals surface area contributed by atoms with E-state index in [4.69, 9.17) is 9.47 Å². The maximum atomic E-state index is 12.1. The minimum Gasteiger partial charge on any atom is -0.548 e. The Morgan fingerprint density at radius 2 is 2.00 bits per heavy atom. The first-order chi connectivity index (χ1) is 10.9. The maximum absolute atomic E-state index is 12.1. The molecule has 0 spiro atoms. The number of rotatable bonds is 5. The summed E-state index contributed by atoms with van der Waals surface area (Å²) < 4.78 is 10.5. The summed E-state index contributed by atoms with van der Waals surface area (Å²) in [6, 6.07) is 2.55. The Morgan fingerprint density at radius 1 is 1.30 bits per heavy atom. The number of hydrogen-bond acceptors (Lipinski definition) is 6. The van der Waals surface area contributed by atoms with E-state index in [1.807, 2.05) is 0 Å². The van der Waals surface area contributed by atoms with Crippen LogP contribution in [0.15, 0.2) is 17.8 Å². The first-order valence-corrected chi connectivity index (χ1v) is 6.65. The van der Waals surface area contributed by atoms with E-state index < -0.39 is 24.5 Å². The van der Waals surface area contributed by atoms with Gasteiger partial charge in [-0.15, -0.1) is 0 Å². The third-order valence-electron chi connectivity index (χ3n) is 3.36. The van der Waals surface area contributed by atoms with Crippen LogP contribution in [-0.2, 0) is 9.59 Å². The van der Waals surface area contributed by atoms with E-state index in [0.717, 1.165) is 5.56 Å². The van der Waals surface area contributed by atoms with Gasteiger partial charge in [-0.3, -0.25) is 9.69 Å². The van der Waals surface area contributed by atoms with Crippen LogP contribution in [0.5, 0.6) is 11.5 Å². The van der Waals surface area contributed by atoms with Gasteiger partial charge in [-0.2, -0.15) is 0 Å². The quantitative estimate of drug-likeness (QED) is 0.587. The number of aliphatic carboxylic acids is 1. The molecule has 2 rings (SSSR count). The molecule has 1 heterocycles. The van der Waals surface area contributed by atoms with Gasteiger partial charge in [0, 0.05) is 11.1 Å². The number of benzene rings is 1. The van der Waals surface area contributed by atoms with Crippen molar-refractivity contribution >= 4 is 24.0 Å². The molecule has 1 aromatic carbocycles. The predicted octanol–water partition coefficient (Wildman–Crippen LogP) is -0.345. The second kappa shape index (κ2) is 6.39.